The van der Waals surface area contributed by atoms with E-state index in [2.05, 4.69) is 15.3 Å². The Labute approximate surface area is 185 Å². The highest BCUT2D eigenvalue weighted by Gasteiger charge is 2.21. The van der Waals surface area contributed by atoms with E-state index in [1.165, 1.54) is 5.56 Å². The Morgan fingerprint density at radius 3 is 2.62 bits per heavy atom. The molecule has 0 atom stereocenters. The molecule has 1 aliphatic rings. The second-order valence-electron chi connectivity index (χ2n) is 7.23. The number of carbonyl (C=O) groups excluding carboxylic acids is 1. The van der Waals surface area contributed by atoms with Crippen molar-refractivity contribution in [1.82, 2.24) is 14.9 Å². The minimum atomic E-state index is -1.18. The molecule has 1 aromatic heterocycles. The molecule has 9 heteroatoms. The lowest BCUT2D eigenvalue weighted by molar-refractivity contribution is 0.0696. The number of aromatic nitrogens is 2. The van der Waals surface area contributed by atoms with Gasteiger partial charge in [0.1, 0.15) is 11.4 Å². The lowest BCUT2D eigenvalue weighted by atomic mass is 9.99. The maximum atomic E-state index is 12.0. The number of aliphatic hydroxyl groups excluding tert-OH is 1. The average molecular weight is 435 g/mol. The van der Waals surface area contributed by atoms with E-state index in [1.54, 1.807) is 24.1 Å². The number of hydrogen-bond donors (Lipinski definition) is 4. The van der Waals surface area contributed by atoms with Crippen molar-refractivity contribution in [3.63, 3.8) is 0 Å². The molecule has 3 aromatic rings. The third-order valence-electron chi connectivity index (χ3n) is 4.95. The van der Waals surface area contributed by atoms with Crippen LogP contribution in [0.4, 0.5) is 17.5 Å². The highest BCUT2D eigenvalue weighted by Crippen LogP contribution is 2.23. The molecule has 0 spiro atoms. The number of carbonyl (C=O) groups is 2. The number of likely N-dealkylation sites (N-methyl/N-ethyl adjacent to an activating group) is 1. The number of nitrogens with zero attached hydrogens (tertiary/aromatic N) is 3. The fraction of sp³-hybridized carbons (Fsp3) is 0.217. The van der Waals surface area contributed by atoms with Crippen LogP contribution in [0.5, 0.6) is 0 Å². The summed E-state index contributed by atoms with van der Waals surface area (Å²) in [5.41, 5.74) is 9.00. The van der Waals surface area contributed by atoms with Crippen LogP contribution >= 0.6 is 0 Å². The van der Waals surface area contributed by atoms with E-state index < -0.39 is 5.97 Å². The molecule has 166 valence electrons. The van der Waals surface area contributed by atoms with E-state index in [1.807, 2.05) is 36.4 Å². The Hall–Kier alpha value is -3.98. The third kappa shape index (κ3) is 5.58. The molecule has 1 amide bonds. The van der Waals surface area contributed by atoms with Crippen LogP contribution < -0.4 is 11.1 Å². The summed E-state index contributed by atoms with van der Waals surface area (Å²) in [6, 6.07) is 15.3. The zero-order valence-electron chi connectivity index (χ0n) is 17.7. The summed E-state index contributed by atoms with van der Waals surface area (Å²) >= 11 is 0. The van der Waals surface area contributed by atoms with Crippen LogP contribution in [0, 0.1) is 0 Å². The minimum absolute atomic E-state index is 0.00380. The number of benzene rings is 2. The van der Waals surface area contributed by atoms with Gasteiger partial charge in [-0.1, -0.05) is 30.3 Å². The predicted octanol–water partition coefficient (Wildman–Crippen LogP) is 2.35. The van der Waals surface area contributed by atoms with Crippen molar-refractivity contribution in [2.24, 2.45) is 0 Å². The fourth-order valence-electron chi connectivity index (χ4n) is 3.21. The predicted molar refractivity (Wildman–Crippen MR) is 121 cm³/mol. The van der Waals surface area contributed by atoms with Crippen molar-refractivity contribution in [2.75, 3.05) is 31.2 Å². The second-order valence-corrected chi connectivity index (χ2v) is 7.23. The molecule has 2 aromatic carbocycles. The fourth-order valence-corrected chi connectivity index (χ4v) is 3.21. The molecule has 32 heavy (non-hydrogen) atoms. The van der Waals surface area contributed by atoms with Gasteiger partial charge in [-0.2, -0.15) is 4.98 Å². The van der Waals surface area contributed by atoms with Gasteiger partial charge in [-0.3, -0.25) is 4.79 Å². The monoisotopic (exact) mass is 435 g/mol. The van der Waals surface area contributed by atoms with Gasteiger partial charge in [0.2, 0.25) is 5.95 Å². The Kier molecular flexibility index (Phi) is 7.35. The van der Waals surface area contributed by atoms with Crippen molar-refractivity contribution in [2.45, 2.75) is 12.8 Å². The zero-order valence-corrected chi connectivity index (χ0v) is 17.7. The first-order valence-corrected chi connectivity index (χ1v) is 10.0. The number of fused-ring (bicyclic) bond motifs is 1. The van der Waals surface area contributed by atoms with Crippen molar-refractivity contribution in [1.29, 1.82) is 0 Å². The van der Waals surface area contributed by atoms with E-state index in [9.17, 15) is 9.59 Å². The summed E-state index contributed by atoms with van der Waals surface area (Å²) in [6.07, 6.45) is 2.69. The molecule has 0 bridgehead atoms. The summed E-state index contributed by atoms with van der Waals surface area (Å²) in [5.74, 6) is -1.08. The minimum Gasteiger partial charge on any atom is -0.477 e. The SMILES string of the molecule is CN1CCc2cc(Nc3ncc(C(=O)O)c(N)n3)ccc2C1=O.OCCc1ccccc1. The number of aliphatic hydroxyl groups is 1. The maximum absolute atomic E-state index is 12.0. The summed E-state index contributed by atoms with van der Waals surface area (Å²) in [5, 5.41) is 20.4. The lowest BCUT2D eigenvalue weighted by Crippen LogP contribution is -2.34. The normalized spacial score (nSPS) is 12.4. The molecule has 1 aliphatic heterocycles. The smallest absolute Gasteiger partial charge is 0.341 e. The summed E-state index contributed by atoms with van der Waals surface area (Å²) < 4.78 is 0. The number of rotatable bonds is 5. The van der Waals surface area contributed by atoms with Gasteiger partial charge in [-0.15, -0.1) is 0 Å². The van der Waals surface area contributed by atoms with Gasteiger partial charge in [0.05, 0.1) is 0 Å². The first-order chi connectivity index (χ1) is 15.4. The number of carboxylic acids is 1. The first kappa shape index (κ1) is 22.7. The third-order valence-corrected chi connectivity index (χ3v) is 4.95. The molecule has 0 radical (unpaired) electrons. The highest BCUT2D eigenvalue weighted by atomic mass is 16.4. The number of carboxylic acid groups (broad SMARTS) is 1. The van der Waals surface area contributed by atoms with E-state index in [-0.39, 0.29) is 29.8 Å². The molecule has 2 heterocycles. The molecule has 0 saturated heterocycles. The quantitative estimate of drug-likeness (QED) is 0.478. The van der Waals surface area contributed by atoms with Crippen LogP contribution in [0.3, 0.4) is 0 Å². The Bertz CT molecular complexity index is 1100. The molecule has 4 rings (SSSR count). The molecular weight excluding hydrogens is 410 g/mol. The van der Waals surface area contributed by atoms with E-state index in [0.717, 1.165) is 24.6 Å². The Balaban J connectivity index is 0.000000269. The van der Waals surface area contributed by atoms with E-state index >= 15 is 0 Å². The van der Waals surface area contributed by atoms with Gasteiger partial charge in [0.15, 0.2) is 0 Å². The second kappa shape index (κ2) is 10.4. The van der Waals surface area contributed by atoms with E-state index in [4.69, 9.17) is 15.9 Å². The number of amides is 1. The molecule has 0 aliphatic carbocycles. The Morgan fingerprint density at radius 2 is 1.97 bits per heavy atom. The van der Waals surface area contributed by atoms with Crippen LogP contribution in [0.25, 0.3) is 0 Å². The first-order valence-electron chi connectivity index (χ1n) is 10.0. The topological polar surface area (TPSA) is 142 Å². The highest BCUT2D eigenvalue weighted by molar-refractivity contribution is 5.97. The largest absolute Gasteiger partial charge is 0.477 e. The number of nitrogens with one attached hydrogen (secondary N) is 1. The summed E-state index contributed by atoms with van der Waals surface area (Å²) in [7, 11) is 1.78. The van der Waals surface area contributed by atoms with Crippen molar-refractivity contribution < 1.29 is 19.8 Å². The molecular formula is C23H25N5O4. The summed E-state index contributed by atoms with van der Waals surface area (Å²) in [6.45, 7) is 0.913. The van der Waals surface area contributed by atoms with Gasteiger partial charge in [0.25, 0.3) is 5.91 Å². The van der Waals surface area contributed by atoms with Crippen LogP contribution in [-0.2, 0) is 12.8 Å². The number of nitrogens with two attached hydrogens (primary N) is 1. The molecule has 0 saturated carbocycles. The lowest BCUT2D eigenvalue weighted by Gasteiger charge is -2.25. The number of nitrogen functional groups attached to an aromatic ring is 1. The molecule has 0 unspecified atom stereocenters. The van der Waals surface area contributed by atoms with Gasteiger partial charge >= 0.3 is 5.97 Å². The Morgan fingerprint density at radius 1 is 1.22 bits per heavy atom. The van der Waals surface area contributed by atoms with Crippen molar-refractivity contribution in [3.05, 3.63) is 77.0 Å². The number of hydrogen-bond acceptors (Lipinski definition) is 7. The van der Waals surface area contributed by atoms with E-state index in [0.29, 0.717) is 17.8 Å². The van der Waals surface area contributed by atoms with Gasteiger partial charge in [0, 0.05) is 37.6 Å². The molecule has 9 nitrogen and oxygen atoms in total. The van der Waals surface area contributed by atoms with Gasteiger partial charge in [-0.25, -0.2) is 9.78 Å². The van der Waals surface area contributed by atoms with Crippen molar-refractivity contribution in [3.8, 4) is 0 Å². The maximum Gasteiger partial charge on any atom is 0.341 e. The van der Waals surface area contributed by atoms with Crippen LogP contribution in [-0.4, -0.2) is 57.2 Å². The van der Waals surface area contributed by atoms with Gasteiger partial charge < -0.3 is 26.2 Å². The number of anilines is 3. The van der Waals surface area contributed by atoms with Crippen LogP contribution in [0.15, 0.2) is 54.7 Å². The molecule has 0 fully saturated rings. The van der Waals surface area contributed by atoms with Crippen molar-refractivity contribution >= 4 is 29.3 Å². The standard InChI is InChI=1S/C15H15N5O3.C8H10O/c1-20-5-4-8-6-9(2-3-10(8)13(20)21)18-15-17-7-11(14(22)23)12(16)19-15;9-7-6-8-4-2-1-3-5-8/h2-3,6-7H,4-5H2,1H3,(H,22,23)(H3,16,17,18,19);1-5,9H,6-7H2. The van der Waals surface area contributed by atoms with Gasteiger partial charge in [-0.05, 0) is 42.2 Å². The molecule has 5 N–H and O–H groups in total. The zero-order chi connectivity index (χ0) is 23.1. The average Bonchev–Trinajstić information content (AvgIpc) is 2.78. The van der Waals surface area contributed by atoms with Crippen LogP contribution in [0.1, 0.15) is 31.8 Å². The summed E-state index contributed by atoms with van der Waals surface area (Å²) in [4.78, 5) is 32.5. The number of aromatic carboxylic acids is 1. The van der Waals surface area contributed by atoms with Crippen LogP contribution in [0.2, 0.25) is 0 Å².